The summed E-state index contributed by atoms with van der Waals surface area (Å²) in [4.78, 5) is 2.36. The monoisotopic (exact) mass is 313 g/mol. The zero-order valence-electron chi connectivity index (χ0n) is 12.7. The molecule has 3 saturated heterocycles. The molecule has 7 heteroatoms. The number of aryl methyl sites for hydroxylation is 1. The first-order chi connectivity index (χ1) is 9.95. The van der Waals surface area contributed by atoms with Crippen molar-refractivity contribution in [2.45, 2.75) is 38.8 Å². The van der Waals surface area contributed by atoms with Crippen LogP contribution >= 0.6 is 0 Å². The van der Waals surface area contributed by atoms with Crippen LogP contribution < -0.4 is 0 Å². The Morgan fingerprint density at radius 2 is 2.14 bits per heavy atom. The number of hydrogen-bond acceptors (Lipinski definition) is 5. The number of sulfonamides is 1. The topological polar surface area (TPSA) is 66.7 Å². The van der Waals surface area contributed by atoms with E-state index in [0.717, 1.165) is 43.8 Å². The van der Waals surface area contributed by atoms with E-state index in [-0.39, 0.29) is 6.04 Å². The maximum atomic E-state index is 11.8. The molecular weight excluding hydrogens is 290 g/mol. The van der Waals surface area contributed by atoms with Gasteiger partial charge in [-0.3, -0.25) is 4.90 Å². The molecule has 0 radical (unpaired) electrons. The summed E-state index contributed by atoms with van der Waals surface area (Å²) in [5.41, 5.74) is 0.975. The lowest BCUT2D eigenvalue weighted by atomic mass is 9.95. The van der Waals surface area contributed by atoms with Gasteiger partial charge in [0.1, 0.15) is 0 Å². The predicted molar refractivity (Wildman–Crippen MR) is 79.2 cm³/mol. The van der Waals surface area contributed by atoms with Crippen molar-refractivity contribution in [3.63, 3.8) is 0 Å². The van der Waals surface area contributed by atoms with E-state index < -0.39 is 10.0 Å². The largest absolute Gasteiger partial charge is 0.360 e. The molecule has 1 aromatic heterocycles. The van der Waals surface area contributed by atoms with Crippen molar-refractivity contribution in [3.8, 4) is 0 Å². The lowest BCUT2D eigenvalue weighted by Gasteiger charge is -2.35. The Labute approximate surface area is 126 Å². The van der Waals surface area contributed by atoms with Gasteiger partial charge in [0.25, 0.3) is 0 Å². The standard InChI is InChI=1S/C14H23N3O3S/c1-3-12-6-14(20-15-12)10-16-7-11-4-5-13(16)9-17(8-11)21(2,18)19/h6,11,13H,3-5,7-10H2,1-2H3/t11-,13-/m1/s1. The molecule has 4 rings (SSSR count). The predicted octanol–water partition coefficient (Wildman–Crippen LogP) is 1.09. The second kappa shape index (κ2) is 5.70. The van der Waals surface area contributed by atoms with E-state index in [9.17, 15) is 8.42 Å². The van der Waals surface area contributed by atoms with Crippen LogP contribution in [0.15, 0.2) is 10.6 Å². The van der Waals surface area contributed by atoms with Crippen LogP contribution in [0.3, 0.4) is 0 Å². The molecule has 3 aliphatic heterocycles. The van der Waals surface area contributed by atoms with Crippen LogP contribution in [0, 0.1) is 5.92 Å². The van der Waals surface area contributed by atoms with Gasteiger partial charge in [0, 0.05) is 31.7 Å². The maximum Gasteiger partial charge on any atom is 0.211 e. The van der Waals surface area contributed by atoms with Crippen LogP contribution in [-0.2, 0) is 23.0 Å². The van der Waals surface area contributed by atoms with E-state index in [0.29, 0.717) is 19.0 Å². The second-order valence-electron chi connectivity index (χ2n) is 6.24. The summed E-state index contributed by atoms with van der Waals surface area (Å²) in [5, 5.41) is 4.03. The molecule has 6 nitrogen and oxygen atoms in total. The third kappa shape index (κ3) is 3.30. The highest BCUT2D eigenvalue weighted by atomic mass is 32.2. The zero-order valence-corrected chi connectivity index (χ0v) is 13.5. The Morgan fingerprint density at radius 3 is 2.81 bits per heavy atom. The molecule has 1 aromatic rings. The van der Waals surface area contributed by atoms with E-state index >= 15 is 0 Å². The lowest BCUT2D eigenvalue weighted by Crippen LogP contribution is -2.43. The fourth-order valence-corrected chi connectivity index (χ4v) is 4.32. The van der Waals surface area contributed by atoms with Crippen LogP contribution in [0.1, 0.15) is 31.2 Å². The highest BCUT2D eigenvalue weighted by Gasteiger charge is 2.37. The zero-order chi connectivity index (χ0) is 15.0. The second-order valence-corrected chi connectivity index (χ2v) is 8.23. The molecule has 0 amide bonds. The average Bonchev–Trinajstić information content (AvgIpc) is 2.66. The lowest BCUT2D eigenvalue weighted by molar-refractivity contribution is 0.113. The minimum absolute atomic E-state index is 0.286. The van der Waals surface area contributed by atoms with E-state index in [1.165, 1.54) is 6.26 Å². The molecule has 21 heavy (non-hydrogen) atoms. The van der Waals surface area contributed by atoms with Crippen molar-refractivity contribution < 1.29 is 12.9 Å². The van der Waals surface area contributed by atoms with Gasteiger partial charge >= 0.3 is 0 Å². The summed E-state index contributed by atoms with van der Waals surface area (Å²) < 4.78 is 30.7. The fourth-order valence-electron chi connectivity index (χ4n) is 3.40. The van der Waals surface area contributed by atoms with Gasteiger partial charge in [-0.05, 0) is 25.2 Å². The van der Waals surface area contributed by atoms with E-state index in [4.69, 9.17) is 4.52 Å². The summed E-state index contributed by atoms with van der Waals surface area (Å²) in [6, 6.07) is 2.29. The quantitative estimate of drug-likeness (QED) is 0.832. The van der Waals surface area contributed by atoms with Crippen molar-refractivity contribution >= 4 is 10.0 Å². The first-order valence-electron chi connectivity index (χ1n) is 7.59. The van der Waals surface area contributed by atoms with Gasteiger partial charge in [-0.2, -0.15) is 0 Å². The molecule has 0 saturated carbocycles. The molecule has 3 fully saturated rings. The molecule has 2 bridgehead atoms. The highest BCUT2D eigenvalue weighted by Crippen LogP contribution is 2.30. The number of nitrogens with zero attached hydrogens (tertiary/aromatic N) is 3. The Bertz CT molecular complexity index is 598. The van der Waals surface area contributed by atoms with Gasteiger partial charge < -0.3 is 4.52 Å². The van der Waals surface area contributed by atoms with Gasteiger partial charge in [-0.25, -0.2) is 12.7 Å². The normalized spacial score (nSPS) is 27.9. The van der Waals surface area contributed by atoms with Gasteiger partial charge in [0.05, 0.1) is 18.5 Å². The van der Waals surface area contributed by atoms with E-state index in [1.54, 1.807) is 4.31 Å². The van der Waals surface area contributed by atoms with Crippen LogP contribution in [0.25, 0.3) is 0 Å². The molecule has 0 aromatic carbocycles. The van der Waals surface area contributed by atoms with Crippen LogP contribution in [0.2, 0.25) is 0 Å². The van der Waals surface area contributed by atoms with Gasteiger partial charge in [0.15, 0.2) is 5.76 Å². The molecule has 2 atom stereocenters. The van der Waals surface area contributed by atoms with Crippen LogP contribution in [0.5, 0.6) is 0 Å². The minimum Gasteiger partial charge on any atom is -0.360 e. The van der Waals surface area contributed by atoms with Crippen molar-refractivity contribution in [1.82, 2.24) is 14.4 Å². The van der Waals surface area contributed by atoms with Crippen LogP contribution in [-0.4, -0.2) is 54.7 Å². The molecule has 0 spiro atoms. The minimum atomic E-state index is -3.10. The molecule has 3 aliphatic rings. The number of rotatable bonds is 4. The van der Waals surface area contributed by atoms with Crippen molar-refractivity contribution in [2.24, 2.45) is 5.92 Å². The summed E-state index contributed by atoms with van der Waals surface area (Å²) in [6.45, 7) is 4.98. The first kappa shape index (κ1) is 15.0. The Balaban J connectivity index is 1.73. The average molecular weight is 313 g/mol. The Morgan fingerprint density at radius 1 is 1.33 bits per heavy atom. The maximum absolute atomic E-state index is 11.8. The molecule has 0 aliphatic carbocycles. The number of aromatic nitrogens is 1. The van der Waals surface area contributed by atoms with Gasteiger partial charge in [0.2, 0.25) is 10.0 Å². The summed E-state index contributed by atoms with van der Waals surface area (Å²) >= 11 is 0. The number of piperidine rings is 1. The summed E-state index contributed by atoms with van der Waals surface area (Å²) in [6.07, 6.45) is 4.36. The van der Waals surface area contributed by atoms with Crippen molar-refractivity contribution in [1.29, 1.82) is 0 Å². The fraction of sp³-hybridized carbons (Fsp3) is 0.786. The third-order valence-electron chi connectivity index (χ3n) is 4.59. The van der Waals surface area contributed by atoms with Gasteiger partial charge in [-0.1, -0.05) is 12.1 Å². The Kier molecular flexibility index (Phi) is 4.07. The van der Waals surface area contributed by atoms with E-state index in [1.807, 2.05) is 6.07 Å². The highest BCUT2D eigenvalue weighted by molar-refractivity contribution is 7.88. The molecular formula is C14H23N3O3S. The number of hydrogen-bond donors (Lipinski definition) is 0. The molecule has 4 heterocycles. The van der Waals surface area contributed by atoms with Crippen molar-refractivity contribution in [2.75, 3.05) is 25.9 Å². The van der Waals surface area contributed by atoms with Crippen LogP contribution in [0.4, 0.5) is 0 Å². The summed E-state index contributed by atoms with van der Waals surface area (Å²) in [7, 11) is -3.10. The molecule has 118 valence electrons. The van der Waals surface area contributed by atoms with Gasteiger partial charge in [-0.15, -0.1) is 0 Å². The van der Waals surface area contributed by atoms with E-state index in [2.05, 4.69) is 17.0 Å². The smallest absolute Gasteiger partial charge is 0.211 e. The number of fused-ring (bicyclic) bond motifs is 4. The molecule has 0 unspecified atom stereocenters. The van der Waals surface area contributed by atoms with Crippen molar-refractivity contribution in [3.05, 3.63) is 17.5 Å². The summed E-state index contributed by atoms with van der Waals surface area (Å²) in [5.74, 6) is 1.30. The third-order valence-corrected chi connectivity index (χ3v) is 5.83. The first-order valence-corrected chi connectivity index (χ1v) is 9.44. The SMILES string of the molecule is CCc1cc(CN2C[C@H]3CC[C@@H]2CN(S(C)(=O)=O)C3)on1. The Hall–Kier alpha value is -0.920. The molecule has 0 N–H and O–H groups in total.